The summed E-state index contributed by atoms with van der Waals surface area (Å²) in [7, 11) is 0. The van der Waals surface area contributed by atoms with Crippen molar-refractivity contribution in [1.29, 1.82) is 0 Å². The summed E-state index contributed by atoms with van der Waals surface area (Å²) in [6.45, 7) is 1.56. The van der Waals surface area contributed by atoms with Crippen LogP contribution in [0.3, 0.4) is 0 Å². The molecule has 2 atom stereocenters. The Morgan fingerprint density at radius 1 is 0.903 bits per heavy atom. The molecule has 0 spiro atoms. The van der Waals surface area contributed by atoms with E-state index in [9.17, 15) is 19.8 Å². The number of ether oxygens (including phenoxy) is 2. The van der Waals surface area contributed by atoms with Crippen molar-refractivity contribution < 1.29 is 34.4 Å². The summed E-state index contributed by atoms with van der Waals surface area (Å²) in [5.74, 6) is -2.88. The third-order valence-electron chi connectivity index (χ3n) is 5.66. The molecule has 0 saturated heterocycles. The van der Waals surface area contributed by atoms with E-state index in [1.807, 2.05) is 0 Å². The van der Waals surface area contributed by atoms with Crippen LogP contribution in [0.15, 0.2) is 11.5 Å². The molecule has 0 aliphatic carbocycles. The average Bonchev–Trinajstić information content (AvgIpc) is 3.04. The van der Waals surface area contributed by atoms with Gasteiger partial charge in [-0.1, -0.05) is 96.8 Å². The molecule has 31 heavy (non-hydrogen) atoms. The van der Waals surface area contributed by atoms with E-state index in [1.165, 1.54) is 70.6 Å². The number of aliphatic hydroxyl groups excluding tert-OH is 3. The minimum Gasteiger partial charge on any atom is -0.505 e. The molecule has 0 aromatic heterocycles. The summed E-state index contributed by atoms with van der Waals surface area (Å²) in [5, 5.41) is 28.2. The molecule has 3 N–H and O–H groups in total. The maximum atomic E-state index is 11.9. The molecule has 0 amide bonds. The standard InChI is InChI=1S/C24H42O7/c1-2-3-4-5-6-7-8-9-10-11-12-13-14-15-16-17-20(27)30-23-21(28)22(19(26)18-25)31-24(23)29/h19,22,25-26,28H,2-18H2,1H3/t19-,22+/m0/s1. The lowest BCUT2D eigenvalue weighted by molar-refractivity contribution is -0.153. The Labute approximate surface area is 186 Å². The zero-order chi connectivity index (χ0) is 22.9. The lowest BCUT2D eigenvalue weighted by Crippen LogP contribution is -2.31. The number of cyclic esters (lactones) is 1. The quantitative estimate of drug-likeness (QED) is 0.194. The second-order valence-corrected chi connectivity index (χ2v) is 8.46. The van der Waals surface area contributed by atoms with Crippen LogP contribution in [0.1, 0.15) is 110 Å². The molecule has 1 aliphatic rings. The zero-order valence-electron chi connectivity index (χ0n) is 19.2. The fraction of sp³-hybridized carbons (Fsp3) is 0.833. The van der Waals surface area contributed by atoms with Crippen LogP contribution in [0.25, 0.3) is 0 Å². The van der Waals surface area contributed by atoms with Crippen LogP contribution in [-0.4, -0.2) is 46.1 Å². The molecule has 180 valence electrons. The maximum Gasteiger partial charge on any atom is 0.378 e. The van der Waals surface area contributed by atoms with Crippen molar-refractivity contribution in [3.8, 4) is 0 Å². The van der Waals surface area contributed by atoms with Gasteiger partial charge in [0.25, 0.3) is 5.76 Å². The summed E-state index contributed by atoms with van der Waals surface area (Å²) in [6.07, 6.45) is 15.8. The molecule has 0 radical (unpaired) electrons. The normalized spacial score (nSPS) is 17.1. The van der Waals surface area contributed by atoms with Gasteiger partial charge in [-0.3, -0.25) is 4.79 Å². The number of carbonyl (C=O) groups excluding carboxylic acids is 2. The lowest BCUT2D eigenvalue weighted by atomic mass is 10.0. The molecular formula is C24H42O7. The minimum absolute atomic E-state index is 0.148. The second-order valence-electron chi connectivity index (χ2n) is 8.46. The molecule has 1 rings (SSSR count). The molecule has 0 unspecified atom stereocenters. The van der Waals surface area contributed by atoms with Crippen LogP contribution >= 0.6 is 0 Å². The minimum atomic E-state index is -1.46. The summed E-state index contributed by atoms with van der Waals surface area (Å²) in [4.78, 5) is 23.5. The third kappa shape index (κ3) is 11.5. The van der Waals surface area contributed by atoms with E-state index in [-0.39, 0.29) is 6.42 Å². The third-order valence-corrected chi connectivity index (χ3v) is 5.66. The van der Waals surface area contributed by atoms with Gasteiger partial charge >= 0.3 is 11.9 Å². The first kappa shape index (κ1) is 27.4. The molecular weight excluding hydrogens is 400 g/mol. The fourth-order valence-corrected chi connectivity index (χ4v) is 3.71. The van der Waals surface area contributed by atoms with E-state index in [2.05, 4.69) is 6.92 Å². The van der Waals surface area contributed by atoms with E-state index in [0.717, 1.165) is 19.3 Å². The highest BCUT2D eigenvalue weighted by atomic mass is 16.6. The van der Waals surface area contributed by atoms with Gasteiger partial charge in [0, 0.05) is 6.42 Å². The van der Waals surface area contributed by atoms with Crippen molar-refractivity contribution in [2.45, 2.75) is 122 Å². The summed E-state index contributed by atoms with van der Waals surface area (Å²) in [5.41, 5.74) is 0. The van der Waals surface area contributed by atoms with E-state index >= 15 is 0 Å². The van der Waals surface area contributed by atoms with Crippen molar-refractivity contribution >= 4 is 11.9 Å². The van der Waals surface area contributed by atoms with E-state index < -0.39 is 42.3 Å². The van der Waals surface area contributed by atoms with Gasteiger partial charge in [-0.25, -0.2) is 4.79 Å². The van der Waals surface area contributed by atoms with Gasteiger partial charge in [0.1, 0.15) is 6.10 Å². The van der Waals surface area contributed by atoms with E-state index in [0.29, 0.717) is 6.42 Å². The fourth-order valence-electron chi connectivity index (χ4n) is 3.71. The topological polar surface area (TPSA) is 113 Å². The SMILES string of the molecule is CCCCCCCCCCCCCCCCCC(=O)OC1=C(O)[C@@H]([C@@H](O)CO)OC1=O. The largest absolute Gasteiger partial charge is 0.505 e. The van der Waals surface area contributed by atoms with Crippen molar-refractivity contribution in [1.82, 2.24) is 0 Å². The molecule has 1 aliphatic heterocycles. The number of aliphatic hydroxyl groups is 3. The number of rotatable bonds is 19. The van der Waals surface area contributed by atoms with Crippen molar-refractivity contribution in [2.24, 2.45) is 0 Å². The molecule has 7 heteroatoms. The zero-order valence-corrected chi connectivity index (χ0v) is 19.2. The smallest absolute Gasteiger partial charge is 0.378 e. The van der Waals surface area contributed by atoms with Gasteiger partial charge in [-0.2, -0.15) is 0 Å². The Bertz CT molecular complexity index is 544. The van der Waals surface area contributed by atoms with Gasteiger partial charge in [0.2, 0.25) is 0 Å². The van der Waals surface area contributed by atoms with Crippen LogP contribution in [0.2, 0.25) is 0 Å². The van der Waals surface area contributed by atoms with Crippen LogP contribution in [0, 0.1) is 0 Å². The number of hydrogen-bond donors (Lipinski definition) is 3. The van der Waals surface area contributed by atoms with E-state index in [4.69, 9.17) is 14.6 Å². The first-order chi connectivity index (χ1) is 15.0. The van der Waals surface area contributed by atoms with Gasteiger partial charge in [0.15, 0.2) is 11.9 Å². The first-order valence-electron chi connectivity index (χ1n) is 12.1. The van der Waals surface area contributed by atoms with Crippen LogP contribution in [0.5, 0.6) is 0 Å². The molecule has 0 saturated carbocycles. The van der Waals surface area contributed by atoms with Gasteiger partial charge in [-0.05, 0) is 6.42 Å². The molecule has 0 fully saturated rings. The second kappa shape index (κ2) is 17.0. The number of esters is 2. The summed E-state index contributed by atoms with van der Waals surface area (Å²) >= 11 is 0. The predicted molar refractivity (Wildman–Crippen MR) is 118 cm³/mol. The average molecular weight is 443 g/mol. The molecule has 0 bridgehead atoms. The van der Waals surface area contributed by atoms with Gasteiger partial charge < -0.3 is 24.8 Å². The van der Waals surface area contributed by atoms with Crippen LogP contribution < -0.4 is 0 Å². The number of unbranched alkanes of at least 4 members (excludes halogenated alkanes) is 14. The van der Waals surface area contributed by atoms with Crippen molar-refractivity contribution in [3.63, 3.8) is 0 Å². The number of carbonyl (C=O) groups is 2. The highest BCUT2D eigenvalue weighted by Crippen LogP contribution is 2.24. The van der Waals surface area contributed by atoms with Gasteiger partial charge in [-0.15, -0.1) is 0 Å². The highest BCUT2D eigenvalue weighted by molar-refractivity contribution is 5.92. The lowest BCUT2D eigenvalue weighted by Gasteiger charge is -2.13. The Morgan fingerprint density at radius 2 is 1.35 bits per heavy atom. The molecule has 0 aromatic rings. The van der Waals surface area contributed by atoms with Crippen LogP contribution in [-0.2, 0) is 19.1 Å². The summed E-state index contributed by atoms with van der Waals surface area (Å²) in [6, 6.07) is 0. The molecule has 0 aromatic carbocycles. The van der Waals surface area contributed by atoms with Crippen molar-refractivity contribution in [2.75, 3.05) is 6.61 Å². The Morgan fingerprint density at radius 3 is 1.81 bits per heavy atom. The highest BCUT2D eigenvalue weighted by Gasteiger charge is 2.41. The molecule has 7 nitrogen and oxygen atoms in total. The number of hydrogen-bond acceptors (Lipinski definition) is 7. The maximum absolute atomic E-state index is 11.9. The van der Waals surface area contributed by atoms with Crippen molar-refractivity contribution in [3.05, 3.63) is 11.5 Å². The van der Waals surface area contributed by atoms with E-state index in [1.54, 1.807) is 0 Å². The summed E-state index contributed by atoms with van der Waals surface area (Å²) < 4.78 is 9.62. The Hall–Kier alpha value is -1.60. The Balaban J connectivity index is 1.98. The Kier molecular flexibility index (Phi) is 15.1. The van der Waals surface area contributed by atoms with Gasteiger partial charge in [0.05, 0.1) is 6.61 Å². The monoisotopic (exact) mass is 442 g/mol. The predicted octanol–water partition coefficient (Wildman–Crippen LogP) is 4.84. The van der Waals surface area contributed by atoms with Crippen LogP contribution in [0.4, 0.5) is 0 Å². The molecule has 1 heterocycles. The first-order valence-corrected chi connectivity index (χ1v) is 12.1.